The van der Waals surface area contributed by atoms with Crippen LogP contribution in [0.4, 0.5) is 11.4 Å². The Morgan fingerprint density at radius 3 is 2.20 bits per heavy atom. The van der Waals surface area contributed by atoms with Gasteiger partial charge in [-0.2, -0.15) is 0 Å². The molecule has 3 aliphatic carbocycles. The minimum Gasteiger partial charge on any atom is -0.505 e. The average Bonchev–Trinajstić information content (AvgIpc) is 2.88. The number of anilines is 2. The first-order chi connectivity index (χ1) is 18.7. The molecule has 2 aromatic carbocycles. The van der Waals surface area contributed by atoms with E-state index in [0.717, 1.165) is 11.3 Å². The number of aliphatic hydroxyl groups is 1. The van der Waals surface area contributed by atoms with Crippen molar-refractivity contribution in [2.45, 2.75) is 24.5 Å². The van der Waals surface area contributed by atoms with Crippen molar-refractivity contribution < 1.29 is 34.2 Å². The number of hydrogen-bond acceptors (Lipinski definition) is 10. The summed E-state index contributed by atoms with van der Waals surface area (Å²) in [6.45, 7) is 0. The van der Waals surface area contributed by atoms with Crippen molar-refractivity contribution in [2.75, 3.05) is 38.8 Å². The Morgan fingerprint density at radius 2 is 1.65 bits per heavy atom. The van der Waals surface area contributed by atoms with Crippen LogP contribution in [-0.4, -0.2) is 84.0 Å². The van der Waals surface area contributed by atoms with Gasteiger partial charge in [0.2, 0.25) is 5.91 Å². The van der Waals surface area contributed by atoms with Gasteiger partial charge in [0, 0.05) is 25.7 Å². The molecule has 6 unspecified atom stereocenters. The van der Waals surface area contributed by atoms with Crippen molar-refractivity contribution in [3.05, 3.63) is 41.5 Å². The van der Waals surface area contributed by atoms with E-state index >= 15 is 0 Å². The van der Waals surface area contributed by atoms with Crippen molar-refractivity contribution in [1.29, 1.82) is 0 Å². The first-order valence-electron chi connectivity index (χ1n) is 13.0. The fourth-order valence-corrected chi connectivity index (χ4v) is 6.89. The van der Waals surface area contributed by atoms with Crippen LogP contribution in [0.5, 0.6) is 5.75 Å². The number of carbonyl (C=O) groups excluding carboxylic acids is 5. The Morgan fingerprint density at radius 1 is 1.02 bits per heavy atom. The molecule has 6 N–H and O–H groups in total. The van der Waals surface area contributed by atoms with Gasteiger partial charge in [0.15, 0.2) is 34.7 Å². The van der Waals surface area contributed by atoms with Gasteiger partial charge < -0.3 is 26.6 Å². The number of likely N-dealkylation sites (N-methyl/N-ethyl adjacent to an activating group) is 1. The van der Waals surface area contributed by atoms with Crippen LogP contribution >= 0.6 is 0 Å². The number of amides is 1. The highest BCUT2D eigenvalue weighted by Gasteiger charge is 2.69. The molecule has 0 spiro atoms. The second-order valence-electron chi connectivity index (χ2n) is 11.4. The molecule has 210 valence electrons. The minimum absolute atomic E-state index is 0.0198. The molecular formula is C29H32N4O7. The maximum absolute atomic E-state index is 14.0. The molecule has 2 saturated carbocycles. The summed E-state index contributed by atoms with van der Waals surface area (Å²) in [6, 6.07) is 7.97. The number of nitrogens with zero attached hydrogens (tertiary/aromatic N) is 2. The molecule has 0 bridgehead atoms. The van der Waals surface area contributed by atoms with E-state index in [2.05, 4.69) is 0 Å². The van der Waals surface area contributed by atoms with Gasteiger partial charge in [0.25, 0.3) is 0 Å². The smallest absolute Gasteiger partial charge is 0.235 e. The van der Waals surface area contributed by atoms with Crippen molar-refractivity contribution in [2.24, 2.45) is 29.4 Å². The lowest BCUT2D eigenvalue weighted by Crippen LogP contribution is -2.74. The van der Waals surface area contributed by atoms with Gasteiger partial charge in [-0.05, 0) is 67.7 Å². The Balaban J connectivity index is 1.66. The average molecular weight is 549 g/mol. The third-order valence-corrected chi connectivity index (χ3v) is 8.79. The summed E-state index contributed by atoms with van der Waals surface area (Å²) in [6.07, 6.45) is 0.137. The summed E-state index contributed by atoms with van der Waals surface area (Å²) in [4.78, 5) is 70.0. The van der Waals surface area contributed by atoms with E-state index in [1.54, 1.807) is 20.2 Å². The first-order valence-corrected chi connectivity index (χ1v) is 13.0. The number of aromatic hydroxyl groups is 1. The maximum Gasteiger partial charge on any atom is 0.235 e. The Labute approximate surface area is 230 Å². The lowest BCUT2D eigenvalue weighted by atomic mass is 9.52. The monoisotopic (exact) mass is 548 g/mol. The van der Waals surface area contributed by atoms with Crippen molar-refractivity contribution in [3.8, 4) is 16.9 Å². The summed E-state index contributed by atoms with van der Waals surface area (Å²) in [5, 5.41) is 22.6. The number of fused-ring (bicyclic) bond motifs is 3. The highest BCUT2D eigenvalue weighted by atomic mass is 16.3. The van der Waals surface area contributed by atoms with Gasteiger partial charge in [0.05, 0.1) is 23.2 Å². The number of ketones is 4. The van der Waals surface area contributed by atoms with Crippen molar-refractivity contribution >= 4 is 40.4 Å². The summed E-state index contributed by atoms with van der Waals surface area (Å²) < 4.78 is 0. The number of phenolic OH excluding ortho intramolecular Hbond substituents is 1. The highest BCUT2D eigenvalue weighted by Crippen LogP contribution is 2.52. The molecule has 0 aromatic heterocycles. The number of benzene rings is 2. The molecule has 6 atom stereocenters. The zero-order valence-corrected chi connectivity index (χ0v) is 22.7. The lowest BCUT2D eigenvalue weighted by Gasteiger charge is -2.52. The predicted molar refractivity (Wildman–Crippen MR) is 146 cm³/mol. The zero-order chi connectivity index (χ0) is 29.4. The topological polar surface area (TPSA) is 184 Å². The quantitative estimate of drug-likeness (QED) is 0.233. The van der Waals surface area contributed by atoms with E-state index in [4.69, 9.17) is 11.5 Å². The molecule has 5 rings (SSSR count). The normalized spacial score (nSPS) is 29.6. The van der Waals surface area contributed by atoms with Crippen LogP contribution in [0.2, 0.25) is 0 Å². The second kappa shape index (κ2) is 9.24. The highest BCUT2D eigenvalue weighted by molar-refractivity contribution is 6.32. The van der Waals surface area contributed by atoms with E-state index in [1.165, 1.54) is 4.90 Å². The molecule has 11 heteroatoms. The van der Waals surface area contributed by atoms with Crippen LogP contribution in [0.15, 0.2) is 30.3 Å². The fourth-order valence-electron chi connectivity index (χ4n) is 6.89. The molecule has 3 aliphatic rings. The Hall–Kier alpha value is -4.09. The van der Waals surface area contributed by atoms with E-state index in [-0.39, 0.29) is 24.1 Å². The van der Waals surface area contributed by atoms with Gasteiger partial charge in [-0.1, -0.05) is 12.1 Å². The molecule has 40 heavy (non-hydrogen) atoms. The third-order valence-electron chi connectivity index (χ3n) is 8.79. The standard InChI is InChI=1S/C29H32N4O7/c1-32(2)14-7-5-12(6-8-14)15-11-18(30)23(34)20-16(15)9-13-10-17-22(33(3)4)25(36)21(28(31)39)27(38)29(17,40)26(37)19(13)24(20)35/h5-8,11,13,17,19,21-22,34,40H,9-10,30H2,1-4H3,(H2,31,39). The van der Waals surface area contributed by atoms with Crippen LogP contribution in [0.25, 0.3) is 11.1 Å². The molecule has 1 amide bonds. The largest absolute Gasteiger partial charge is 0.505 e. The Kier molecular flexibility index (Phi) is 6.35. The number of hydrogen-bond donors (Lipinski definition) is 4. The molecule has 0 saturated heterocycles. The molecule has 0 heterocycles. The summed E-state index contributed by atoms with van der Waals surface area (Å²) >= 11 is 0. The molecule has 0 aliphatic heterocycles. The molecule has 2 aromatic rings. The van der Waals surface area contributed by atoms with Crippen LogP contribution in [-0.2, 0) is 25.6 Å². The van der Waals surface area contributed by atoms with Crippen LogP contribution < -0.4 is 16.4 Å². The number of primary amides is 1. The van der Waals surface area contributed by atoms with Gasteiger partial charge in [0.1, 0.15) is 5.75 Å². The van der Waals surface area contributed by atoms with Gasteiger partial charge in [-0.3, -0.25) is 28.9 Å². The van der Waals surface area contributed by atoms with Crippen molar-refractivity contribution in [3.63, 3.8) is 0 Å². The molecule has 0 radical (unpaired) electrons. The van der Waals surface area contributed by atoms with Gasteiger partial charge in [-0.15, -0.1) is 0 Å². The summed E-state index contributed by atoms with van der Waals surface area (Å²) in [5.41, 5.74) is 11.3. The Bertz CT molecular complexity index is 1480. The number of nitrogens with two attached hydrogens (primary N) is 2. The fraction of sp³-hybridized carbons (Fsp3) is 0.414. The van der Waals surface area contributed by atoms with Gasteiger partial charge in [-0.25, -0.2) is 0 Å². The number of nitrogen functional groups attached to an aromatic ring is 1. The van der Waals surface area contributed by atoms with Gasteiger partial charge >= 0.3 is 0 Å². The number of Topliss-reactive ketones (excluding diaryl/α,β-unsaturated/α-hetero) is 4. The number of carbonyl (C=O) groups is 5. The summed E-state index contributed by atoms with van der Waals surface area (Å²) in [7, 11) is 6.90. The predicted octanol–water partition coefficient (Wildman–Crippen LogP) is 0.182. The number of phenols is 1. The first kappa shape index (κ1) is 27.5. The summed E-state index contributed by atoms with van der Waals surface area (Å²) in [5.74, 6) is -11.0. The van der Waals surface area contributed by atoms with Crippen LogP contribution in [0.3, 0.4) is 0 Å². The molecule has 2 fully saturated rings. The van der Waals surface area contributed by atoms with E-state index < -0.39 is 70.1 Å². The number of rotatable bonds is 4. The maximum atomic E-state index is 14.0. The van der Waals surface area contributed by atoms with E-state index in [1.807, 2.05) is 43.3 Å². The van der Waals surface area contributed by atoms with E-state index in [9.17, 15) is 34.2 Å². The third kappa shape index (κ3) is 3.68. The van der Waals surface area contributed by atoms with Crippen molar-refractivity contribution in [1.82, 2.24) is 4.90 Å². The lowest BCUT2D eigenvalue weighted by molar-refractivity contribution is -0.181. The van der Waals surface area contributed by atoms with Crippen LogP contribution in [0, 0.1) is 23.7 Å². The SMILES string of the molecule is CN(C)c1ccc(-c2cc(N)c(O)c3c2CC2CC4C(N(C)C)C(=O)C(C(N)=O)C(=O)C4(O)C(=O)C2C3=O)cc1. The molecule has 11 nitrogen and oxygen atoms in total. The minimum atomic E-state index is -2.77. The molecular weight excluding hydrogens is 516 g/mol. The zero-order valence-electron chi connectivity index (χ0n) is 22.7. The van der Waals surface area contributed by atoms with Crippen LogP contribution in [0.1, 0.15) is 22.3 Å². The van der Waals surface area contributed by atoms with E-state index in [0.29, 0.717) is 11.1 Å². The second-order valence-corrected chi connectivity index (χ2v) is 11.4.